The molecule has 0 aliphatic carbocycles. The van der Waals surface area contributed by atoms with Crippen LogP contribution in [0.25, 0.3) is 22.6 Å². The number of carbonyl (C=O) groups is 1. The van der Waals surface area contributed by atoms with Crippen LogP contribution in [0.3, 0.4) is 0 Å². The first-order chi connectivity index (χ1) is 11.7. The average molecular weight is 327 g/mol. The molecule has 1 N–H and O–H groups in total. The Bertz CT molecular complexity index is 822. The zero-order valence-electron chi connectivity index (χ0n) is 14.0. The van der Waals surface area contributed by atoms with Gasteiger partial charge in [0.1, 0.15) is 5.69 Å². The van der Waals surface area contributed by atoms with E-state index in [1.807, 2.05) is 0 Å². The monoisotopic (exact) mass is 327 g/mol. The van der Waals surface area contributed by atoms with E-state index in [4.69, 9.17) is 8.94 Å². The number of furan rings is 1. The van der Waals surface area contributed by atoms with E-state index in [0.717, 1.165) is 12.8 Å². The number of unbranched alkanes of at least 4 members (excludes halogenated alkanes) is 3. The Hall–Kier alpha value is -2.63. The standard InChI is InChI=1S/C18H21N3O3/c1-3-4-5-6-9-19-17(22)13-11-14(15-8-7-10-23-15)20-18-16(13)12(2)21-24-18/h7-8,10-11H,3-6,9H2,1-2H3,(H,19,22). The molecule has 0 aliphatic heterocycles. The fourth-order valence-corrected chi connectivity index (χ4v) is 2.67. The molecule has 3 heterocycles. The molecule has 3 aromatic rings. The molecule has 0 aliphatic rings. The molecule has 0 unspecified atom stereocenters. The maximum Gasteiger partial charge on any atom is 0.259 e. The topological polar surface area (TPSA) is 81.2 Å². The number of aromatic nitrogens is 2. The Morgan fingerprint density at radius 1 is 1.29 bits per heavy atom. The summed E-state index contributed by atoms with van der Waals surface area (Å²) in [4.78, 5) is 17.0. The Morgan fingerprint density at radius 2 is 2.17 bits per heavy atom. The number of nitrogens with one attached hydrogen (secondary N) is 1. The molecule has 0 spiro atoms. The van der Waals surface area contributed by atoms with Crippen molar-refractivity contribution in [3.8, 4) is 11.5 Å². The number of fused-ring (bicyclic) bond motifs is 1. The summed E-state index contributed by atoms with van der Waals surface area (Å²) in [6, 6.07) is 5.30. The quantitative estimate of drug-likeness (QED) is 0.661. The van der Waals surface area contributed by atoms with E-state index in [1.165, 1.54) is 12.8 Å². The van der Waals surface area contributed by atoms with Crippen molar-refractivity contribution in [2.24, 2.45) is 0 Å². The van der Waals surface area contributed by atoms with Gasteiger partial charge >= 0.3 is 0 Å². The molecule has 0 saturated heterocycles. The molecule has 0 radical (unpaired) electrons. The van der Waals surface area contributed by atoms with E-state index < -0.39 is 0 Å². The van der Waals surface area contributed by atoms with E-state index in [1.54, 1.807) is 31.4 Å². The minimum atomic E-state index is -0.141. The van der Waals surface area contributed by atoms with Crippen molar-refractivity contribution < 1.29 is 13.7 Å². The van der Waals surface area contributed by atoms with E-state index in [2.05, 4.69) is 22.4 Å². The minimum absolute atomic E-state index is 0.141. The second kappa shape index (κ2) is 7.29. The number of carbonyl (C=O) groups excluding carboxylic acids is 1. The van der Waals surface area contributed by atoms with Crippen LogP contribution in [0.4, 0.5) is 0 Å². The maximum atomic E-state index is 12.6. The Morgan fingerprint density at radius 3 is 2.92 bits per heavy atom. The number of hydrogen-bond donors (Lipinski definition) is 1. The van der Waals surface area contributed by atoms with Crippen molar-refractivity contribution in [3.05, 3.63) is 35.7 Å². The molecule has 0 bridgehead atoms. The molecule has 126 valence electrons. The van der Waals surface area contributed by atoms with Crippen LogP contribution in [0.15, 0.2) is 33.4 Å². The van der Waals surface area contributed by atoms with Gasteiger partial charge in [0, 0.05) is 6.54 Å². The molecule has 0 aromatic carbocycles. The predicted octanol–water partition coefficient (Wildman–Crippen LogP) is 4.10. The Kier molecular flexibility index (Phi) is 4.93. The van der Waals surface area contributed by atoms with Gasteiger partial charge in [-0.15, -0.1) is 0 Å². The van der Waals surface area contributed by atoms with Gasteiger partial charge in [0.25, 0.3) is 11.6 Å². The molecule has 6 nitrogen and oxygen atoms in total. The summed E-state index contributed by atoms with van der Waals surface area (Å²) in [5.74, 6) is 0.445. The molecule has 24 heavy (non-hydrogen) atoms. The molecule has 0 atom stereocenters. The highest BCUT2D eigenvalue weighted by Crippen LogP contribution is 2.27. The summed E-state index contributed by atoms with van der Waals surface area (Å²) >= 11 is 0. The molecule has 6 heteroatoms. The second-order valence-corrected chi connectivity index (χ2v) is 5.80. The van der Waals surface area contributed by atoms with Crippen LogP contribution in [0.5, 0.6) is 0 Å². The molecule has 3 aromatic heterocycles. The zero-order valence-corrected chi connectivity index (χ0v) is 14.0. The SMILES string of the molecule is CCCCCCNC(=O)c1cc(-c2ccco2)nc2onc(C)c12. The lowest BCUT2D eigenvalue weighted by atomic mass is 10.1. The summed E-state index contributed by atoms with van der Waals surface area (Å²) < 4.78 is 10.6. The predicted molar refractivity (Wildman–Crippen MR) is 90.7 cm³/mol. The van der Waals surface area contributed by atoms with E-state index in [9.17, 15) is 4.79 Å². The van der Waals surface area contributed by atoms with Gasteiger partial charge in [-0.05, 0) is 31.5 Å². The van der Waals surface area contributed by atoms with Gasteiger partial charge in [-0.25, -0.2) is 4.98 Å². The molecular formula is C18H21N3O3. The second-order valence-electron chi connectivity index (χ2n) is 5.80. The summed E-state index contributed by atoms with van der Waals surface area (Å²) in [7, 11) is 0. The summed E-state index contributed by atoms with van der Waals surface area (Å²) in [6.45, 7) is 4.62. The lowest BCUT2D eigenvalue weighted by molar-refractivity contribution is 0.0954. The largest absolute Gasteiger partial charge is 0.463 e. The number of hydrogen-bond acceptors (Lipinski definition) is 5. The molecule has 0 saturated carbocycles. The van der Waals surface area contributed by atoms with Crippen molar-refractivity contribution >= 4 is 17.0 Å². The number of pyridine rings is 1. The van der Waals surface area contributed by atoms with E-state index >= 15 is 0 Å². The Balaban J connectivity index is 1.87. The first kappa shape index (κ1) is 16.2. The highest BCUT2D eigenvalue weighted by Gasteiger charge is 2.19. The van der Waals surface area contributed by atoms with Crippen molar-refractivity contribution in [1.82, 2.24) is 15.5 Å². The highest BCUT2D eigenvalue weighted by atomic mass is 16.5. The highest BCUT2D eigenvalue weighted by molar-refractivity contribution is 6.06. The molecule has 0 fully saturated rings. The fourth-order valence-electron chi connectivity index (χ4n) is 2.67. The van der Waals surface area contributed by atoms with Crippen molar-refractivity contribution in [1.29, 1.82) is 0 Å². The average Bonchev–Trinajstić information content (AvgIpc) is 3.24. The van der Waals surface area contributed by atoms with Gasteiger partial charge < -0.3 is 14.3 Å². The van der Waals surface area contributed by atoms with Crippen LogP contribution in [0.1, 0.15) is 48.7 Å². The van der Waals surface area contributed by atoms with Crippen molar-refractivity contribution in [2.45, 2.75) is 39.5 Å². The Labute approximate surface area is 140 Å². The van der Waals surface area contributed by atoms with Crippen LogP contribution in [-0.4, -0.2) is 22.6 Å². The van der Waals surface area contributed by atoms with Gasteiger partial charge in [0.05, 0.1) is 22.9 Å². The minimum Gasteiger partial charge on any atom is -0.463 e. The van der Waals surface area contributed by atoms with Crippen LogP contribution in [0, 0.1) is 6.92 Å². The lowest BCUT2D eigenvalue weighted by Crippen LogP contribution is -2.24. The number of aryl methyl sites for hydroxylation is 1. The number of amides is 1. The van der Waals surface area contributed by atoms with Crippen molar-refractivity contribution in [3.63, 3.8) is 0 Å². The van der Waals surface area contributed by atoms with E-state index in [0.29, 0.717) is 40.4 Å². The smallest absolute Gasteiger partial charge is 0.259 e. The summed E-state index contributed by atoms with van der Waals surface area (Å²) in [5.41, 5.74) is 2.07. The van der Waals surface area contributed by atoms with Gasteiger partial charge in [0.2, 0.25) is 0 Å². The van der Waals surface area contributed by atoms with Crippen LogP contribution in [-0.2, 0) is 0 Å². The van der Waals surface area contributed by atoms with Gasteiger partial charge in [-0.2, -0.15) is 0 Å². The van der Waals surface area contributed by atoms with Crippen molar-refractivity contribution in [2.75, 3.05) is 6.54 Å². The van der Waals surface area contributed by atoms with Crippen LogP contribution in [0.2, 0.25) is 0 Å². The number of rotatable bonds is 7. The van der Waals surface area contributed by atoms with Gasteiger partial charge in [0.15, 0.2) is 5.76 Å². The fraction of sp³-hybridized carbons (Fsp3) is 0.389. The summed E-state index contributed by atoms with van der Waals surface area (Å²) in [6.07, 6.45) is 6.02. The van der Waals surface area contributed by atoms with Gasteiger partial charge in [-0.3, -0.25) is 4.79 Å². The third-order valence-corrected chi connectivity index (χ3v) is 3.95. The maximum absolute atomic E-state index is 12.6. The van der Waals surface area contributed by atoms with E-state index in [-0.39, 0.29) is 5.91 Å². The first-order valence-corrected chi connectivity index (χ1v) is 8.29. The van der Waals surface area contributed by atoms with Crippen LogP contribution >= 0.6 is 0 Å². The third kappa shape index (κ3) is 3.32. The summed E-state index contributed by atoms with van der Waals surface area (Å²) in [5, 5.41) is 7.56. The van der Waals surface area contributed by atoms with Crippen LogP contribution < -0.4 is 5.32 Å². The zero-order chi connectivity index (χ0) is 16.9. The first-order valence-electron chi connectivity index (χ1n) is 8.29. The molecular weight excluding hydrogens is 306 g/mol. The molecule has 3 rings (SSSR count). The molecule has 1 amide bonds. The third-order valence-electron chi connectivity index (χ3n) is 3.95. The number of nitrogens with zero attached hydrogens (tertiary/aromatic N) is 2. The normalized spacial score (nSPS) is 11.1. The van der Waals surface area contributed by atoms with Gasteiger partial charge in [-0.1, -0.05) is 31.3 Å². The lowest BCUT2D eigenvalue weighted by Gasteiger charge is -2.07.